The van der Waals surface area contributed by atoms with Crippen LogP contribution in [0.3, 0.4) is 0 Å². The lowest BCUT2D eigenvalue weighted by atomic mass is 9.99. The fourth-order valence-electron chi connectivity index (χ4n) is 1.81. The van der Waals surface area contributed by atoms with Crippen molar-refractivity contribution in [3.63, 3.8) is 0 Å². The Morgan fingerprint density at radius 1 is 1.53 bits per heavy atom. The highest BCUT2D eigenvalue weighted by Crippen LogP contribution is 2.19. The Morgan fingerprint density at radius 3 is 2.73 bits per heavy atom. The van der Waals surface area contributed by atoms with E-state index >= 15 is 0 Å². The zero-order valence-corrected chi connectivity index (χ0v) is 9.79. The normalized spacial score (nSPS) is 23.9. The molecule has 1 rings (SSSR count). The number of piperidine rings is 1. The summed E-state index contributed by atoms with van der Waals surface area (Å²) in [5, 5.41) is 0. The molecule has 0 aromatic carbocycles. The molecule has 6 heteroatoms. The molecule has 1 atom stereocenters. The molecule has 15 heavy (non-hydrogen) atoms. The number of amides is 1. The van der Waals surface area contributed by atoms with Crippen LogP contribution in [0.5, 0.6) is 0 Å². The maximum absolute atomic E-state index is 11.7. The summed E-state index contributed by atoms with van der Waals surface area (Å²) < 4.78 is 24.9. The van der Waals surface area contributed by atoms with Crippen LogP contribution in [-0.4, -0.2) is 37.5 Å². The first-order chi connectivity index (χ1) is 6.97. The van der Waals surface area contributed by atoms with E-state index in [1.54, 1.807) is 0 Å². The van der Waals surface area contributed by atoms with Gasteiger partial charge in [0, 0.05) is 13.1 Å². The number of sulfonamides is 1. The molecule has 0 saturated carbocycles. The van der Waals surface area contributed by atoms with E-state index in [9.17, 15) is 13.2 Å². The van der Waals surface area contributed by atoms with E-state index in [-0.39, 0.29) is 18.2 Å². The summed E-state index contributed by atoms with van der Waals surface area (Å²) in [7, 11) is -3.17. The first kappa shape index (κ1) is 12.4. The van der Waals surface area contributed by atoms with Crippen molar-refractivity contribution in [3.05, 3.63) is 0 Å². The van der Waals surface area contributed by atoms with Crippen molar-refractivity contribution in [2.45, 2.75) is 26.2 Å². The van der Waals surface area contributed by atoms with Crippen molar-refractivity contribution in [1.29, 1.82) is 0 Å². The monoisotopic (exact) mass is 234 g/mol. The summed E-state index contributed by atoms with van der Waals surface area (Å²) in [6.45, 7) is 2.61. The Labute approximate surface area is 90.7 Å². The second-order valence-corrected chi connectivity index (χ2v) is 6.00. The molecule has 1 unspecified atom stereocenters. The third-order valence-electron chi connectivity index (χ3n) is 2.64. The van der Waals surface area contributed by atoms with Crippen molar-refractivity contribution in [3.8, 4) is 0 Å². The van der Waals surface area contributed by atoms with E-state index in [2.05, 4.69) is 0 Å². The van der Waals surface area contributed by atoms with E-state index in [0.717, 1.165) is 6.42 Å². The Hall–Kier alpha value is -0.620. The quantitative estimate of drug-likeness (QED) is 0.739. The molecule has 2 N–H and O–H groups in total. The molecule has 0 aromatic heterocycles. The third kappa shape index (κ3) is 3.17. The molecule has 0 bridgehead atoms. The first-order valence-electron chi connectivity index (χ1n) is 5.24. The van der Waals surface area contributed by atoms with E-state index in [4.69, 9.17) is 5.73 Å². The topological polar surface area (TPSA) is 80.5 Å². The Morgan fingerprint density at radius 2 is 2.20 bits per heavy atom. The average molecular weight is 234 g/mol. The predicted octanol–water partition coefficient (Wildman–Crippen LogP) is -0.0765. The van der Waals surface area contributed by atoms with Gasteiger partial charge in [-0.25, -0.2) is 12.7 Å². The van der Waals surface area contributed by atoms with Gasteiger partial charge in [-0.15, -0.1) is 0 Å². The summed E-state index contributed by atoms with van der Waals surface area (Å²) in [4.78, 5) is 11.0. The molecule has 0 spiro atoms. The molecule has 1 amide bonds. The zero-order valence-electron chi connectivity index (χ0n) is 8.98. The molecule has 88 valence electrons. The van der Waals surface area contributed by atoms with Crippen molar-refractivity contribution >= 4 is 15.9 Å². The summed E-state index contributed by atoms with van der Waals surface area (Å²) in [5.74, 6) is -0.560. The van der Waals surface area contributed by atoms with Gasteiger partial charge in [-0.05, 0) is 19.3 Å². The second kappa shape index (κ2) is 4.94. The van der Waals surface area contributed by atoms with Gasteiger partial charge in [-0.1, -0.05) is 6.92 Å². The molecule has 1 aliphatic rings. The minimum Gasteiger partial charge on any atom is -0.369 e. The van der Waals surface area contributed by atoms with Gasteiger partial charge in [0.25, 0.3) is 0 Å². The van der Waals surface area contributed by atoms with E-state index in [0.29, 0.717) is 19.4 Å². The Kier molecular flexibility index (Phi) is 4.10. The highest BCUT2D eigenvalue weighted by atomic mass is 32.2. The van der Waals surface area contributed by atoms with E-state index in [1.165, 1.54) is 4.31 Å². The lowest BCUT2D eigenvalue weighted by molar-refractivity contribution is -0.122. The number of nitrogens with zero attached hydrogens (tertiary/aromatic N) is 1. The molecule has 1 saturated heterocycles. The van der Waals surface area contributed by atoms with Crippen LogP contribution in [0, 0.1) is 5.92 Å². The number of nitrogens with two attached hydrogens (primary N) is 1. The molecule has 0 aliphatic carbocycles. The van der Waals surface area contributed by atoms with Crippen LogP contribution in [0.15, 0.2) is 0 Å². The Bertz CT molecular complexity index is 326. The SMILES string of the molecule is CCCS(=O)(=O)N1CCCC(C(N)=O)C1. The Balaban J connectivity index is 2.67. The molecule has 0 radical (unpaired) electrons. The van der Waals surface area contributed by atoms with E-state index < -0.39 is 15.9 Å². The molecule has 1 aliphatic heterocycles. The predicted molar refractivity (Wildman–Crippen MR) is 57.6 cm³/mol. The number of hydrogen-bond acceptors (Lipinski definition) is 3. The number of hydrogen-bond donors (Lipinski definition) is 1. The van der Waals surface area contributed by atoms with Gasteiger partial charge in [-0.3, -0.25) is 4.79 Å². The fourth-order valence-corrected chi connectivity index (χ4v) is 3.40. The highest BCUT2D eigenvalue weighted by Gasteiger charge is 2.30. The third-order valence-corrected chi connectivity index (χ3v) is 4.68. The zero-order chi connectivity index (χ0) is 11.5. The molecule has 1 heterocycles. The van der Waals surface area contributed by atoms with Gasteiger partial charge < -0.3 is 5.73 Å². The number of carbonyl (C=O) groups is 1. The number of rotatable bonds is 4. The number of primary amides is 1. The lowest BCUT2D eigenvalue weighted by Crippen LogP contribution is -2.44. The summed E-state index contributed by atoms with van der Waals surface area (Å²) in [5.41, 5.74) is 5.19. The van der Waals surface area contributed by atoms with Gasteiger partial charge in [0.2, 0.25) is 15.9 Å². The van der Waals surface area contributed by atoms with Crippen LogP contribution in [0.25, 0.3) is 0 Å². The minimum atomic E-state index is -3.17. The largest absolute Gasteiger partial charge is 0.369 e. The highest BCUT2D eigenvalue weighted by molar-refractivity contribution is 7.89. The fraction of sp³-hybridized carbons (Fsp3) is 0.889. The molecular formula is C9H18N2O3S. The summed E-state index contributed by atoms with van der Waals surface area (Å²) in [6.07, 6.45) is 2.02. The van der Waals surface area contributed by atoms with Gasteiger partial charge in [-0.2, -0.15) is 0 Å². The number of carbonyl (C=O) groups excluding carboxylic acids is 1. The maximum Gasteiger partial charge on any atom is 0.221 e. The molecular weight excluding hydrogens is 216 g/mol. The summed E-state index contributed by atoms with van der Waals surface area (Å²) >= 11 is 0. The molecule has 0 aromatic rings. The van der Waals surface area contributed by atoms with Gasteiger partial charge in [0.1, 0.15) is 0 Å². The smallest absolute Gasteiger partial charge is 0.221 e. The van der Waals surface area contributed by atoms with E-state index in [1.807, 2.05) is 6.92 Å². The second-order valence-electron chi connectivity index (χ2n) is 3.92. The first-order valence-corrected chi connectivity index (χ1v) is 6.85. The van der Waals surface area contributed by atoms with Crippen LogP contribution >= 0.6 is 0 Å². The molecule has 5 nitrogen and oxygen atoms in total. The van der Waals surface area contributed by atoms with Crippen molar-refractivity contribution in [2.75, 3.05) is 18.8 Å². The van der Waals surface area contributed by atoms with Crippen molar-refractivity contribution in [2.24, 2.45) is 11.7 Å². The minimum absolute atomic E-state index is 0.151. The summed E-state index contributed by atoms with van der Waals surface area (Å²) in [6, 6.07) is 0. The van der Waals surface area contributed by atoms with Crippen LogP contribution < -0.4 is 5.73 Å². The van der Waals surface area contributed by atoms with Crippen molar-refractivity contribution < 1.29 is 13.2 Å². The van der Waals surface area contributed by atoms with Crippen molar-refractivity contribution in [1.82, 2.24) is 4.31 Å². The van der Waals surface area contributed by atoms with Crippen LogP contribution in [0.2, 0.25) is 0 Å². The van der Waals surface area contributed by atoms with Gasteiger partial charge in [0.05, 0.1) is 11.7 Å². The van der Waals surface area contributed by atoms with Crippen LogP contribution in [0.4, 0.5) is 0 Å². The van der Waals surface area contributed by atoms with Gasteiger partial charge >= 0.3 is 0 Å². The standard InChI is InChI=1S/C9H18N2O3S/c1-2-6-15(13,14)11-5-3-4-8(7-11)9(10)12/h8H,2-7H2,1H3,(H2,10,12). The van der Waals surface area contributed by atoms with Crippen LogP contribution in [-0.2, 0) is 14.8 Å². The van der Waals surface area contributed by atoms with Gasteiger partial charge in [0.15, 0.2) is 0 Å². The maximum atomic E-state index is 11.7. The average Bonchev–Trinajstić information content (AvgIpc) is 2.18. The van der Waals surface area contributed by atoms with Crippen LogP contribution in [0.1, 0.15) is 26.2 Å². The molecule has 1 fully saturated rings. The lowest BCUT2D eigenvalue weighted by Gasteiger charge is -2.30.